The second-order valence-electron chi connectivity index (χ2n) is 11.4. The molecule has 4 heterocycles. The van der Waals surface area contributed by atoms with Gasteiger partial charge in [-0.2, -0.15) is 0 Å². The number of aryl methyl sites for hydroxylation is 1. The smallest absolute Gasteiger partial charge is 0.312 e. The van der Waals surface area contributed by atoms with Crippen molar-refractivity contribution >= 4 is 22.8 Å². The number of aliphatic hydroxyl groups is 2. The maximum atomic E-state index is 13.7. The van der Waals surface area contributed by atoms with Crippen LogP contribution in [0.5, 0.6) is 0 Å². The van der Waals surface area contributed by atoms with Crippen LogP contribution in [0.25, 0.3) is 10.9 Å². The third-order valence-electron chi connectivity index (χ3n) is 8.67. The first kappa shape index (κ1) is 28.3. The van der Waals surface area contributed by atoms with E-state index in [1.807, 2.05) is 54.2 Å². The summed E-state index contributed by atoms with van der Waals surface area (Å²) < 4.78 is 7.57. The molecule has 5 rings (SSSR count). The van der Waals surface area contributed by atoms with Gasteiger partial charge in [0.05, 0.1) is 17.1 Å². The minimum absolute atomic E-state index is 0.0835. The van der Waals surface area contributed by atoms with Crippen LogP contribution in [0.1, 0.15) is 54.4 Å². The second-order valence-corrected chi connectivity index (χ2v) is 11.4. The molecule has 1 amide bonds. The van der Waals surface area contributed by atoms with Crippen LogP contribution in [0.3, 0.4) is 0 Å². The number of benzene rings is 1. The molecule has 3 aromatic rings. The Balaban J connectivity index is 1.29. The monoisotopic (exact) mass is 548 g/mol. The highest BCUT2D eigenvalue weighted by Crippen LogP contribution is 2.39. The summed E-state index contributed by atoms with van der Waals surface area (Å²) in [5.41, 5.74) is 2.18. The van der Waals surface area contributed by atoms with E-state index >= 15 is 0 Å². The summed E-state index contributed by atoms with van der Waals surface area (Å²) in [4.78, 5) is 35.3. The Kier molecular flexibility index (Phi) is 8.83. The number of carbonyl (C=O) groups is 2. The normalized spacial score (nSPS) is 23.3. The predicted octanol–water partition coefficient (Wildman–Crippen LogP) is 3.14. The lowest BCUT2D eigenvalue weighted by Crippen LogP contribution is -2.45. The first-order chi connectivity index (χ1) is 19.4. The van der Waals surface area contributed by atoms with Crippen molar-refractivity contribution in [3.05, 3.63) is 66.1 Å². The molecule has 214 valence electrons. The van der Waals surface area contributed by atoms with Gasteiger partial charge in [0.25, 0.3) is 5.91 Å². The van der Waals surface area contributed by atoms with Crippen LogP contribution in [0, 0.1) is 5.41 Å². The largest absolute Gasteiger partial charge is 0.462 e. The Morgan fingerprint density at radius 2 is 1.75 bits per heavy atom. The number of likely N-dealkylation sites (tertiary alicyclic amines) is 1. The van der Waals surface area contributed by atoms with Crippen molar-refractivity contribution in [2.24, 2.45) is 12.5 Å². The number of piperidine rings is 1. The van der Waals surface area contributed by atoms with Gasteiger partial charge in [0.2, 0.25) is 0 Å². The number of aromatic nitrogens is 2. The first-order valence-corrected chi connectivity index (χ1v) is 14.3. The molecule has 2 aliphatic rings. The van der Waals surface area contributed by atoms with Gasteiger partial charge in [-0.15, -0.1) is 0 Å². The van der Waals surface area contributed by atoms with E-state index in [-0.39, 0.29) is 24.9 Å². The van der Waals surface area contributed by atoms with Gasteiger partial charge in [-0.05, 0) is 69.0 Å². The number of nitrogens with zero attached hydrogens (tertiary/aromatic N) is 4. The zero-order chi connectivity index (χ0) is 28.1. The lowest BCUT2D eigenvalue weighted by molar-refractivity contribution is -0.165. The van der Waals surface area contributed by atoms with E-state index in [0.29, 0.717) is 37.9 Å². The highest BCUT2D eigenvalue weighted by Gasteiger charge is 2.42. The molecule has 0 radical (unpaired) electrons. The highest BCUT2D eigenvalue weighted by atomic mass is 16.5. The summed E-state index contributed by atoms with van der Waals surface area (Å²) in [6.45, 7) is 2.93. The summed E-state index contributed by atoms with van der Waals surface area (Å²) >= 11 is 0. The van der Waals surface area contributed by atoms with Crippen LogP contribution in [0.15, 0.2) is 55.0 Å². The van der Waals surface area contributed by atoms with E-state index in [2.05, 4.69) is 9.88 Å². The minimum Gasteiger partial charge on any atom is -0.462 e. The Morgan fingerprint density at radius 3 is 2.52 bits per heavy atom. The van der Waals surface area contributed by atoms with Crippen LogP contribution >= 0.6 is 0 Å². The van der Waals surface area contributed by atoms with Gasteiger partial charge >= 0.3 is 5.97 Å². The fourth-order valence-electron chi connectivity index (χ4n) is 6.11. The Hall–Kier alpha value is -3.27. The van der Waals surface area contributed by atoms with Gasteiger partial charge in [0.15, 0.2) is 0 Å². The van der Waals surface area contributed by atoms with Crippen molar-refractivity contribution in [3.63, 3.8) is 0 Å². The average molecular weight is 549 g/mol. The topological polar surface area (TPSA) is 108 Å². The lowest BCUT2D eigenvalue weighted by Gasteiger charge is -2.40. The minimum atomic E-state index is -1.21. The van der Waals surface area contributed by atoms with Crippen molar-refractivity contribution in [1.29, 1.82) is 0 Å². The first-order valence-electron chi connectivity index (χ1n) is 14.3. The maximum absolute atomic E-state index is 13.7. The van der Waals surface area contributed by atoms with Crippen molar-refractivity contribution in [1.82, 2.24) is 19.4 Å². The van der Waals surface area contributed by atoms with Crippen LogP contribution in [0.4, 0.5) is 0 Å². The summed E-state index contributed by atoms with van der Waals surface area (Å²) in [6, 6.07) is 11.8. The van der Waals surface area contributed by atoms with E-state index in [1.54, 1.807) is 17.3 Å². The number of carbonyl (C=O) groups excluding carboxylic acids is 2. The Morgan fingerprint density at radius 1 is 1.00 bits per heavy atom. The molecule has 0 saturated carbocycles. The summed E-state index contributed by atoms with van der Waals surface area (Å²) in [7, 11) is 1.93. The van der Waals surface area contributed by atoms with E-state index in [1.165, 1.54) is 5.56 Å². The van der Waals surface area contributed by atoms with Gasteiger partial charge < -0.3 is 24.4 Å². The van der Waals surface area contributed by atoms with E-state index in [9.17, 15) is 19.8 Å². The number of aliphatic hydroxyl groups excluding tert-OH is 2. The van der Waals surface area contributed by atoms with E-state index in [0.717, 1.165) is 43.4 Å². The van der Waals surface area contributed by atoms with Crippen molar-refractivity contribution < 1.29 is 24.5 Å². The van der Waals surface area contributed by atoms with Crippen LogP contribution in [-0.2, 0) is 23.1 Å². The summed E-state index contributed by atoms with van der Waals surface area (Å²) in [5, 5.41) is 22.1. The second kappa shape index (κ2) is 12.5. The zero-order valence-electron chi connectivity index (χ0n) is 23.2. The van der Waals surface area contributed by atoms with E-state index in [4.69, 9.17) is 4.74 Å². The number of amides is 1. The van der Waals surface area contributed by atoms with E-state index < -0.39 is 17.6 Å². The molecular formula is C31H40N4O5. The van der Waals surface area contributed by atoms with Gasteiger partial charge in [0, 0.05) is 56.2 Å². The molecule has 9 heteroatoms. The highest BCUT2D eigenvalue weighted by molar-refractivity contribution is 6.07. The van der Waals surface area contributed by atoms with Crippen LogP contribution < -0.4 is 0 Å². The maximum Gasteiger partial charge on any atom is 0.312 e. The van der Waals surface area contributed by atoms with Crippen molar-refractivity contribution in [3.8, 4) is 0 Å². The summed E-state index contributed by atoms with van der Waals surface area (Å²) in [5.74, 6) is -0.370. The molecule has 1 aromatic carbocycles. The van der Waals surface area contributed by atoms with Gasteiger partial charge in [-0.25, -0.2) is 0 Å². The lowest BCUT2D eigenvalue weighted by atomic mass is 9.74. The fourth-order valence-corrected chi connectivity index (χ4v) is 6.11. The number of rotatable bonds is 3. The molecule has 40 heavy (non-hydrogen) atoms. The molecular weight excluding hydrogens is 508 g/mol. The van der Waals surface area contributed by atoms with Crippen molar-refractivity contribution in [2.45, 2.75) is 57.3 Å². The summed E-state index contributed by atoms with van der Waals surface area (Å²) in [6.07, 6.45) is 6.88. The molecule has 2 N–H and O–H groups in total. The molecule has 2 fully saturated rings. The zero-order valence-corrected chi connectivity index (χ0v) is 23.2. The molecule has 0 unspecified atom stereocenters. The molecule has 0 aliphatic carbocycles. The van der Waals surface area contributed by atoms with Crippen LogP contribution in [0.2, 0.25) is 0 Å². The predicted molar refractivity (Wildman–Crippen MR) is 151 cm³/mol. The number of hydrogen-bond donors (Lipinski definition) is 2. The number of fused-ring (bicyclic) bond motifs is 1. The van der Waals surface area contributed by atoms with Gasteiger partial charge in [-0.3, -0.25) is 19.5 Å². The molecule has 2 atom stereocenters. The molecule has 1 spiro atoms. The molecule has 9 nitrogen and oxygen atoms in total. The molecule has 2 saturated heterocycles. The number of esters is 1. The number of cyclic esters (lactones) is 1. The fraction of sp³-hybridized carbons (Fsp3) is 0.516. The van der Waals surface area contributed by atoms with Crippen LogP contribution in [-0.4, -0.2) is 86.4 Å². The van der Waals surface area contributed by atoms with Gasteiger partial charge in [-0.1, -0.05) is 24.6 Å². The van der Waals surface area contributed by atoms with Gasteiger partial charge in [0.1, 0.15) is 12.7 Å². The number of pyridine rings is 1. The third-order valence-corrected chi connectivity index (χ3v) is 8.67. The molecule has 0 bridgehead atoms. The van der Waals surface area contributed by atoms with Crippen molar-refractivity contribution in [2.75, 3.05) is 32.8 Å². The molecule has 2 aliphatic heterocycles. The standard InChI is InChI=1S/C31H40N4O5/c1-33-21-25(24-6-2-3-7-26(24)33)29(38)35-16-5-4-11-31(30(39)40-22-28(37)27(36)10-17-35)12-18-34(19-13-31)20-23-8-14-32-15-9-23/h2-3,6-9,14-15,21,27-28,36-37H,4-5,10-13,16-20,22H2,1H3/t27-,28+/m0/s1. The number of ether oxygens (including phenoxy) is 1. The Labute approximate surface area is 235 Å². The number of para-hydroxylation sites is 1. The molecule has 2 aromatic heterocycles. The quantitative estimate of drug-likeness (QED) is 0.484. The third kappa shape index (κ3) is 6.22. The average Bonchev–Trinajstić information content (AvgIpc) is 3.32. The Bertz CT molecular complexity index is 1300. The SMILES string of the molecule is Cn1cc(C(=O)N2CCCCC3(CCN(Cc4ccncc4)CC3)C(=O)OC[C@@H](O)[C@@H](O)CC2)c2ccccc21. The number of hydrogen-bond acceptors (Lipinski definition) is 7.